The van der Waals surface area contributed by atoms with Crippen LogP contribution in [0, 0.1) is 10.1 Å². The SMILES string of the molecule is O=C(Cc1ccc([N+](=O)[O-])cc1)Nc1ccc(OC(F)(F)F)cc1. The quantitative estimate of drug-likeness (QED) is 0.665. The number of nitro groups is 1. The molecule has 1 N–H and O–H groups in total. The maximum absolute atomic E-state index is 12.0. The molecule has 0 aromatic heterocycles. The molecule has 0 unspecified atom stereocenters. The molecule has 0 atom stereocenters. The molecular weight excluding hydrogens is 329 g/mol. The molecule has 2 aromatic carbocycles. The van der Waals surface area contributed by atoms with Gasteiger partial charge < -0.3 is 10.1 Å². The molecule has 0 fully saturated rings. The number of nitrogens with one attached hydrogen (secondary N) is 1. The summed E-state index contributed by atoms with van der Waals surface area (Å²) in [5.74, 6) is -0.802. The van der Waals surface area contributed by atoms with Crippen LogP contribution >= 0.6 is 0 Å². The third-order valence-corrected chi connectivity index (χ3v) is 2.88. The van der Waals surface area contributed by atoms with Gasteiger partial charge in [-0.15, -0.1) is 13.2 Å². The van der Waals surface area contributed by atoms with Crippen molar-refractivity contribution in [3.63, 3.8) is 0 Å². The van der Waals surface area contributed by atoms with Gasteiger partial charge in [0.2, 0.25) is 5.91 Å². The van der Waals surface area contributed by atoms with Gasteiger partial charge in [-0.3, -0.25) is 14.9 Å². The summed E-state index contributed by atoms with van der Waals surface area (Å²) < 4.78 is 39.8. The zero-order chi connectivity index (χ0) is 17.7. The van der Waals surface area contributed by atoms with Crippen LogP contribution in [0.4, 0.5) is 24.5 Å². The van der Waals surface area contributed by atoms with Crippen molar-refractivity contribution in [1.29, 1.82) is 0 Å². The number of carbonyl (C=O) groups excluding carboxylic acids is 1. The predicted octanol–water partition coefficient (Wildman–Crippen LogP) is 3.67. The highest BCUT2D eigenvalue weighted by molar-refractivity contribution is 5.92. The summed E-state index contributed by atoms with van der Waals surface area (Å²) in [6.45, 7) is 0. The molecule has 0 saturated carbocycles. The number of ether oxygens (including phenoxy) is 1. The molecule has 0 radical (unpaired) electrons. The van der Waals surface area contributed by atoms with Gasteiger partial charge in [0.25, 0.3) is 5.69 Å². The largest absolute Gasteiger partial charge is 0.573 e. The van der Waals surface area contributed by atoms with Crippen LogP contribution in [-0.4, -0.2) is 17.2 Å². The van der Waals surface area contributed by atoms with E-state index in [0.29, 0.717) is 11.3 Å². The lowest BCUT2D eigenvalue weighted by atomic mass is 10.1. The van der Waals surface area contributed by atoms with E-state index in [1.807, 2.05) is 0 Å². The molecule has 0 bridgehead atoms. The number of amides is 1. The summed E-state index contributed by atoms with van der Waals surface area (Å²) in [5, 5.41) is 13.0. The van der Waals surface area contributed by atoms with Crippen LogP contribution in [0.1, 0.15) is 5.56 Å². The van der Waals surface area contributed by atoms with Crippen molar-refractivity contribution in [3.8, 4) is 5.75 Å². The zero-order valence-corrected chi connectivity index (χ0v) is 12.0. The third-order valence-electron chi connectivity index (χ3n) is 2.88. The van der Waals surface area contributed by atoms with Gasteiger partial charge in [-0.1, -0.05) is 12.1 Å². The molecule has 0 saturated heterocycles. The van der Waals surface area contributed by atoms with Gasteiger partial charge in [-0.05, 0) is 29.8 Å². The third kappa shape index (κ3) is 5.27. The van der Waals surface area contributed by atoms with Crippen LogP contribution in [0.5, 0.6) is 5.75 Å². The number of nitrogens with zero attached hydrogens (tertiary/aromatic N) is 1. The fraction of sp³-hybridized carbons (Fsp3) is 0.133. The minimum Gasteiger partial charge on any atom is -0.406 e. The van der Waals surface area contributed by atoms with E-state index in [2.05, 4.69) is 10.1 Å². The van der Waals surface area contributed by atoms with Crippen LogP contribution in [-0.2, 0) is 11.2 Å². The first kappa shape index (κ1) is 17.3. The number of carbonyl (C=O) groups is 1. The molecule has 0 aliphatic heterocycles. The topological polar surface area (TPSA) is 81.5 Å². The Kier molecular flexibility index (Phi) is 5.02. The molecule has 9 heteroatoms. The molecule has 0 aliphatic carbocycles. The molecule has 0 heterocycles. The number of non-ortho nitro benzene ring substituents is 1. The van der Waals surface area contributed by atoms with E-state index in [4.69, 9.17) is 0 Å². The monoisotopic (exact) mass is 340 g/mol. The lowest BCUT2D eigenvalue weighted by Gasteiger charge is -2.10. The summed E-state index contributed by atoms with van der Waals surface area (Å²) in [7, 11) is 0. The van der Waals surface area contributed by atoms with Crippen molar-refractivity contribution < 1.29 is 27.6 Å². The maximum Gasteiger partial charge on any atom is 0.573 e. The number of halogens is 3. The first-order valence-electron chi connectivity index (χ1n) is 6.62. The first-order valence-corrected chi connectivity index (χ1v) is 6.62. The number of hydrogen-bond donors (Lipinski definition) is 1. The molecule has 2 rings (SSSR count). The Morgan fingerprint density at radius 1 is 1.08 bits per heavy atom. The molecular formula is C15H11F3N2O4. The van der Waals surface area contributed by atoms with Crippen molar-refractivity contribution in [2.24, 2.45) is 0 Å². The second-order valence-electron chi connectivity index (χ2n) is 4.72. The number of hydrogen-bond acceptors (Lipinski definition) is 4. The Morgan fingerprint density at radius 3 is 2.17 bits per heavy atom. The summed E-state index contributed by atoms with van der Waals surface area (Å²) in [6, 6.07) is 10.2. The molecule has 24 heavy (non-hydrogen) atoms. The fourth-order valence-corrected chi connectivity index (χ4v) is 1.87. The van der Waals surface area contributed by atoms with Crippen molar-refractivity contribution >= 4 is 17.3 Å². The first-order chi connectivity index (χ1) is 11.2. The standard InChI is InChI=1S/C15H11F3N2O4/c16-15(17,18)24-13-7-3-11(4-8-13)19-14(21)9-10-1-5-12(6-2-10)20(22)23/h1-8H,9H2,(H,19,21). The van der Waals surface area contributed by atoms with Crippen molar-refractivity contribution in [1.82, 2.24) is 0 Å². The molecule has 0 aliphatic rings. The lowest BCUT2D eigenvalue weighted by Crippen LogP contribution is -2.17. The Bertz CT molecular complexity index is 728. The highest BCUT2D eigenvalue weighted by Crippen LogP contribution is 2.24. The van der Waals surface area contributed by atoms with Crippen molar-refractivity contribution in [2.45, 2.75) is 12.8 Å². The van der Waals surface area contributed by atoms with Crippen LogP contribution in [0.25, 0.3) is 0 Å². The van der Waals surface area contributed by atoms with E-state index in [1.54, 1.807) is 0 Å². The number of rotatable bonds is 5. The minimum atomic E-state index is -4.78. The Balaban J connectivity index is 1.93. The summed E-state index contributed by atoms with van der Waals surface area (Å²) in [5.41, 5.74) is 0.783. The summed E-state index contributed by atoms with van der Waals surface area (Å²) >= 11 is 0. The fourth-order valence-electron chi connectivity index (χ4n) is 1.87. The van der Waals surface area contributed by atoms with Crippen LogP contribution in [0.15, 0.2) is 48.5 Å². The summed E-state index contributed by atoms with van der Waals surface area (Å²) in [6.07, 6.45) is -4.81. The molecule has 2 aromatic rings. The Morgan fingerprint density at radius 2 is 1.67 bits per heavy atom. The predicted molar refractivity (Wildman–Crippen MR) is 78.6 cm³/mol. The van der Waals surface area contributed by atoms with E-state index in [9.17, 15) is 28.1 Å². The molecule has 1 amide bonds. The van der Waals surface area contributed by atoms with Gasteiger partial charge in [0, 0.05) is 17.8 Å². The van der Waals surface area contributed by atoms with Crippen molar-refractivity contribution in [2.75, 3.05) is 5.32 Å². The lowest BCUT2D eigenvalue weighted by molar-refractivity contribution is -0.384. The van der Waals surface area contributed by atoms with E-state index < -0.39 is 22.9 Å². The Labute approximate surface area is 134 Å². The molecule has 0 spiro atoms. The van der Waals surface area contributed by atoms with Crippen LogP contribution < -0.4 is 10.1 Å². The number of nitro benzene ring substituents is 1. The number of benzene rings is 2. The average molecular weight is 340 g/mol. The van der Waals surface area contributed by atoms with Gasteiger partial charge in [-0.2, -0.15) is 0 Å². The maximum atomic E-state index is 12.0. The second kappa shape index (κ2) is 6.99. The smallest absolute Gasteiger partial charge is 0.406 e. The van der Waals surface area contributed by atoms with Crippen molar-refractivity contribution in [3.05, 3.63) is 64.2 Å². The van der Waals surface area contributed by atoms with E-state index in [0.717, 1.165) is 12.1 Å². The van der Waals surface area contributed by atoms with Gasteiger partial charge in [0.15, 0.2) is 0 Å². The van der Waals surface area contributed by atoms with Crippen LogP contribution in [0.2, 0.25) is 0 Å². The summed E-state index contributed by atoms with van der Waals surface area (Å²) in [4.78, 5) is 21.8. The number of anilines is 1. The van der Waals surface area contributed by atoms with E-state index >= 15 is 0 Å². The highest BCUT2D eigenvalue weighted by Gasteiger charge is 2.30. The molecule has 126 valence electrons. The van der Waals surface area contributed by atoms with Gasteiger partial charge in [0.1, 0.15) is 5.75 Å². The Hall–Kier alpha value is -3.10. The van der Waals surface area contributed by atoms with Gasteiger partial charge in [0.05, 0.1) is 11.3 Å². The second-order valence-corrected chi connectivity index (χ2v) is 4.72. The normalized spacial score (nSPS) is 11.0. The van der Waals surface area contributed by atoms with Crippen LogP contribution in [0.3, 0.4) is 0 Å². The molecule has 6 nitrogen and oxygen atoms in total. The zero-order valence-electron chi connectivity index (χ0n) is 12.0. The number of alkyl halides is 3. The highest BCUT2D eigenvalue weighted by atomic mass is 19.4. The van der Waals surface area contributed by atoms with E-state index in [1.165, 1.54) is 36.4 Å². The van der Waals surface area contributed by atoms with Gasteiger partial charge in [-0.25, -0.2) is 0 Å². The minimum absolute atomic E-state index is 0.0290. The van der Waals surface area contributed by atoms with Gasteiger partial charge >= 0.3 is 6.36 Å². The van der Waals surface area contributed by atoms with E-state index in [-0.39, 0.29) is 12.1 Å². The average Bonchev–Trinajstić information content (AvgIpc) is 2.48.